The molecule has 32 heavy (non-hydrogen) atoms. The van der Waals surface area contributed by atoms with E-state index in [9.17, 15) is 14.5 Å². The second kappa shape index (κ2) is 8.94. The number of esters is 1. The fourth-order valence-electron chi connectivity index (χ4n) is 4.25. The van der Waals surface area contributed by atoms with E-state index in [2.05, 4.69) is 0 Å². The van der Waals surface area contributed by atoms with Gasteiger partial charge in [-0.15, -0.1) is 0 Å². The molecule has 1 aliphatic rings. The summed E-state index contributed by atoms with van der Waals surface area (Å²) >= 11 is 0. The molecule has 3 aromatic carbocycles. The SMILES string of the molecule is CCOP(=O)(OCC)[C@H]1C(=O)Oc2cc(O)c3ccccc3c2[C@@H]1c1ccc(OC)cc1. The highest BCUT2D eigenvalue weighted by Gasteiger charge is 2.52. The van der Waals surface area contributed by atoms with Gasteiger partial charge in [-0.1, -0.05) is 36.4 Å². The number of aromatic hydroxyl groups is 1. The summed E-state index contributed by atoms with van der Waals surface area (Å²) in [7, 11) is -2.34. The molecule has 4 rings (SSSR count). The van der Waals surface area contributed by atoms with Crippen molar-refractivity contribution >= 4 is 24.3 Å². The zero-order valence-electron chi connectivity index (χ0n) is 18.1. The standard InChI is InChI=1S/C24H25O7P/c1-4-29-32(27,30-5-2)23-21(15-10-12-16(28-3)13-11-15)22-18-9-7-6-8-17(18)19(25)14-20(22)31-24(23)26/h6-14,21,23,25H,4-5H2,1-3H3/t21-,23+/m0/s1. The number of carbonyl (C=O) groups excluding carboxylic acids is 1. The van der Waals surface area contributed by atoms with Crippen LogP contribution in [0, 0.1) is 0 Å². The van der Waals surface area contributed by atoms with E-state index >= 15 is 0 Å². The molecule has 0 fully saturated rings. The van der Waals surface area contributed by atoms with E-state index in [1.807, 2.05) is 30.3 Å². The number of hydrogen-bond acceptors (Lipinski definition) is 7. The second-order valence-corrected chi connectivity index (χ2v) is 9.50. The van der Waals surface area contributed by atoms with Crippen molar-refractivity contribution in [2.45, 2.75) is 25.4 Å². The van der Waals surface area contributed by atoms with Crippen LogP contribution in [0.5, 0.6) is 17.2 Å². The summed E-state index contributed by atoms with van der Waals surface area (Å²) in [6, 6.07) is 15.9. The molecule has 1 aliphatic heterocycles. The van der Waals surface area contributed by atoms with Crippen LogP contribution in [0.1, 0.15) is 30.9 Å². The molecule has 8 heteroatoms. The van der Waals surface area contributed by atoms with Crippen molar-refractivity contribution in [3.8, 4) is 17.2 Å². The van der Waals surface area contributed by atoms with E-state index in [-0.39, 0.29) is 24.7 Å². The molecule has 1 N–H and O–H groups in total. The first-order chi connectivity index (χ1) is 15.4. The van der Waals surface area contributed by atoms with Crippen molar-refractivity contribution in [3.05, 3.63) is 65.7 Å². The van der Waals surface area contributed by atoms with Crippen LogP contribution in [0.15, 0.2) is 54.6 Å². The molecule has 0 radical (unpaired) electrons. The van der Waals surface area contributed by atoms with Gasteiger partial charge < -0.3 is 23.6 Å². The number of methoxy groups -OCH3 is 1. The minimum absolute atomic E-state index is 0.00289. The molecule has 0 aromatic heterocycles. The van der Waals surface area contributed by atoms with Crippen LogP contribution in [0.2, 0.25) is 0 Å². The summed E-state index contributed by atoms with van der Waals surface area (Å²) in [5.74, 6) is -0.540. The highest BCUT2D eigenvalue weighted by atomic mass is 31.2. The molecule has 0 saturated carbocycles. The summed E-state index contributed by atoms with van der Waals surface area (Å²) in [5, 5.41) is 11.8. The molecule has 0 unspecified atom stereocenters. The number of fused-ring (bicyclic) bond motifs is 3. The van der Waals surface area contributed by atoms with Gasteiger partial charge in [-0.05, 0) is 36.9 Å². The van der Waals surface area contributed by atoms with Crippen molar-refractivity contribution in [1.29, 1.82) is 0 Å². The Morgan fingerprint density at radius 3 is 2.22 bits per heavy atom. The second-order valence-electron chi connectivity index (χ2n) is 7.35. The molecule has 0 bridgehead atoms. The average molecular weight is 456 g/mol. The van der Waals surface area contributed by atoms with Gasteiger partial charge in [0.2, 0.25) is 0 Å². The number of phenolic OH excluding ortho intramolecular Hbond substituents is 1. The van der Waals surface area contributed by atoms with Crippen molar-refractivity contribution in [3.63, 3.8) is 0 Å². The summed E-state index contributed by atoms with van der Waals surface area (Å²) < 4.78 is 35.9. The maximum absolute atomic E-state index is 13.9. The third kappa shape index (κ3) is 3.77. The first-order valence-corrected chi connectivity index (χ1v) is 12.0. The monoisotopic (exact) mass is 456 g/mol. The smallest absolute Gasteiger partial charge is 0.345 e. The van der Waals surface area contributed by atoms with Crippen LogP contribution in [-0.4, -0.2) is 37.1 Å². The molecule has 0 aliphatic carbocycles. The Morgan fingerprint density at radius 2 is 1.62 bits per heavy atom. The average Bonchev–Trinajstić information content (AvgIpc) is 2.78. The number of ether oxygens (including phenoxy) is 2. The predicted octanol–water partition coefficient (Wildman–Crippen LogP) is 5.24. The third-order valence-corrected chi connectivity index (χ3v) is 7.97. The van der Waals surface area contributed by atoms with Crippen LogP contribution in [0.3, 0.4) is 0 Å². The van der Waals surface area contributed by atoms with Crippen LogP contribution in [0.25, 0.3) is 10.8 Å². The molecular weight excluding hydrogens is 431 g/mol. The summed E-state index contributed by atoms with van der Waals surface area (Å²) in [6.45, 7) is 3.62. The lowest BCUT2D eigenvalue weighted by Crippen LogP contribution is -2.38. The van der Waals surface area contributed by atoms with Gasteiger partial charge in [0.1, 0.15) is 17.2 Å². The van der Waals surface area contributed by atoms with Crippen molar-refractivity contribution < 1.29 is 33.0 Å². The number of phenols is 1. The Bertz CT molecular complexity index is 1180. The Balaban J connectivity index is 2.03. The van der Waals surface area contributed by atoms with Crippen molar-refractivity contribution in [2.24, 2.45) is 0 Å². The van der Waals surface area contributed by atoms with Gasteiger partial charge >= 0.3 is 13.6 Å². The zero-order chi connectivity index (χ0) is 22.9. The third-order valence-electron chi connectivity index (χ3n) is 5.54. The topological polar surface area (TPSA) is 91.3 Å². The van der Waals surface area contributed by atoms with E-state index in [0.717, 1.165) is 5.56 Å². The Kier molecular flexibility index (Phi) is 6.24. The van der Waals surface area contributed by atoms with E-state index in [0.29, 0.717) is 22.1 Å². The lowest BCUT2D eigenvalue weighted by atomic mass is 9.83. The zero-order valence-corrected chi connectivity index (χ0v) is 19.0. The van der Waals surface area contributed by atoms with E-state index in [1.54, 1.807) is 39.2 Å². The van der Waals surface area contributed by atoms with E-state index in [4.69, 9.17) is 18.5 Å². The highest BCUT2D eigenvalue weighted by molar-refractivity contribution is 7.55. The van der Waals surface area contributed by atoms with Gasteiger partial charge in [0.05, 0.1) is 20.3 Å². The van der Waals surface area contributed by atoms with Crippen molar-refractivity contribution in [1.82, 2.24) is 0 Å². The largest absolute Gasteiger partial charge is 0.507 e. The molecule has 0 saturated heterocycles. The molecule has 168 valence electrons. The molecule has 1 heterocycles. The molecule has 3 aromatic rings. The lowest BCUT2D eigenvalue weighted by molar-refractivity contribution is -0.135. The predicted molar refractivity (Wildman–Crippen MR) is 121 cm³/mol. The van der Waals surface area contributed by atoms with Crippen LogP contribution >= 0.6 is 7.60 Å². The minimum Gasteiger partial charge on any atom is -0.507 e. The Morgan fingerprint density at radius 1 is 1.00 bits per heavy atom. The summed E-state index contributed by atoms with van der Waals surface area (Å²) in [6.07, 6.45) is 0. The lowest BCUT2D eigenvalue weighted by Gasteiger charge is -2.36. The number of benzene rings is 3. The maximum atomic E-state index is 13.9. The Hall–Kier alpha value is -2.86. The van der Waals surface area contributed by atoms with Crippen LogP contribution < -0.4 is 9.47 Å². The maximum Gasteiger partial charge on any atom is 0.345 e. The fraction of sp³-hybridized carbons (Fsp3) is 0.292. The van der Waals surface area contributed by atoms with Crippen LogP contribution in [0.4, 0.5) is 0 Å². The van der Waals surface area contributed by atoms with Crippen LogP contribution in [-0.2, 0) is 18.4 Å². The number of hydrogen-bond donors (Lipinski definition) is 1. The number of rotatable bonds is 7. The summed E-state index contributed by atoms with van der Waals surface area (Å²) in [4.78, 5) is 13.2. The summed E-state index contributed by atoms with van der Waals surface area (Å²) in [5.41, 5.74) is 0.160. The van der Waals surface area contributed by atoms with Crippen molar-refractivity contribution in [2.75, 3.05) is 20.3 Å². The fourth-order valence-corrected chi connectivity index (χ4v) is 6.36. The number of carbonyl (C=O) groups is 1. The quantitative estimate of drug-likeness (QED) is 0.295. The van der Waals surface area contributed by atoms with Gasteiger partial charge in [-0.3, -0.25) is 9.36 Å². The minimum atomic E-state index is -3.91. The van der Waals surface area contributed by atoms with E-state index < -0.39 is 25.1 Å². The molecule has 7 nitrogen and oxygen atoms in total. The van der Waals surface area contributed by atoms with E-state index in [1.165, 1.54) is 6.07 Å². The van der Waals surface area contributed by atoms with Gasteiger partial charge in [0.15, 0.2) is 5.66 Å². The molecule has 2 atom stereocenters. The highest BCUT2D eigenvalue weighted by Crippen LogP contribution is 2.62. The first-order valence-electron chi connectivity index (χ1n) is 10.4. The normalized spacial score (nSPS) is 18.3. The Labute approximate surface area is 186 Å². The van der Waals surface area contributed by atoms with Gasteiger partial charge in [0, 0.05) is 22.9 Å². The first kappa shape index (κ1) is 22.3. The molecule has 0 amide bonds. The molecule has 0 spiro atoms. The van der Waals surface area contributed by atoms with Gasteiger partial charge in [0.25, 0.3) is 0 Å². The van der Waals surface area contributed by atoms with Gasteiger partial charge in [-0.25, -0.2) is 0 Å². The molecular formula is C24H25O7P. The van der Waals surface area contributed by atoms with Gasteiger partial charge in [-0.2, -0.15) is 0 Å².